The quantitative estimate of drug-likeness (QED) is 0.404. The van der Waals surface area contributed by atoms with Gasteiger partial charge < -0.3 is 5.32 Å². The van der Waals surface area contributed by atoms with Gasteiger partial charge in [-0.05, 0) is 0 Å². The average Bonchev–Trinajstić information content (AvgIpc) is 1.69. The lowest BCUT2D eigenvalue weighted by Crippen LogP contribution is -1.90. The molecule has 1 N–H and O–H groups in total. The maximum atomic E-state index is 4.59. The fourth-order valence-electron chi connectivity index (χ4n) is 0.134. The first-order valence-corrected chi connectivity index (χ1v) is 1.80. The van der Waals surface area contributed by atoms with Crippen LogP contribution in [0.3, 0.4) is 0 Å². The molecular formula is C4H7N2O+. The van der Waals surface area contributed by atoms with Crippen molar-refractivity contribution in [2.24, 2.45) is 0 Å². The molecule has 0 rings (SSSR count). The molecule has 0 fully saturated rings. The van der Waals surface area contributed by atoms with Crippen molar-refractivity contribution < 1.29 is 4.84 Å². The van der Waals surface area contributed by atoms with Crippen molar-refractivity contribution in [1.82, 2.24) is 5.32 Å². The molecule has 3 nitrogen and oxygen atoms in total. The molecule has 0 amide bonds. The predicted molar refractivity (Wildman–Crippen MR) is 27.6 cm³/mol. The Hall–Kier alpha value is -1.17. The van der Waals surface area contributed by atoms with E-state index in [0.717, 1.165) is 0 Å². The summed E-state index contributed by atoms with van der Waals surface area (Å²) in [5.74, 6) is 0. The standard InChI is InChI=1S/C4H7N2O/c1-5-3-4-7-6-2/h2-5H,1H3/q+1. The molecule has 0 aromatic carbocycles. The predicted octanol–water partition coefficient (Wildman–Crippen LogP) is 0.571. The topological polar surface area (TPSA) is 25.6 Å². The van der Waals surface area contributed by atoms with Gasteiger partial charge in [0.05, 0.1) is 0 Å². The Bertz CT molecular complexity index is 92.4. The van der Waals surface area contributed by atoms with Crippen LogP contribution < -0.4 is 5.32 Å². The summed E-state index contributed by atoms with van der Waals surface area (Å²) in [5.41, 5.74) is 0. The fourth-order valence-corrected chi connectivity index (χ4v) is 0.134. The van der Waals surface area contributed by atoms with E-state index in [-0.39, 0.29) is 0 Å². The summed E-state index contributed by atoms with van der Waals surface area (Å²) in [6.45, 7) is 4.59. The summed E-state index contributed by atoms with van der Waals surface area (Å²) >= 11 is 0. The SMILES string of the molecule is C#[N+]OC=CNC. The van der Waals surface area contributed by atoms with Gasteiger partial charge in [-0.15, -0.1) is 4.84 Å². The van der Waals surface area contributed by atoms with E-state index in [4.69, 9.17) is 0 Å². The van der Waals surface area contributed by atoms with Gasteiger partial charge in [-0.3, -0.25) is 0 Å². The van der Waals surface area contributed by atoms with Gasteiger partial charge in [-0.2, -0.15) is 0 Å². The Morgan fingerprint density at radius 3 is 3.00 bits per heavy atom. The highest BCUT2D eigenvalue weighted by Gasteiger charge is 1.70. The van der Waals surface area contributed by atoms with Gasteiger partial charge in [0.25, 0.3) is 0 Å². The Morgan fingerprint density at radius 1 is 1.86 bits per heavy atom. The molecule has 38 valence electrons. The van der Waals surface area contributed by atoms with Crippen molar-refractivity contribution in [1.29, 1.82) is 0 Å². The van der Waals surface area contributed by atoms with Crippen LogP contribution in [0.1, 0.15) is 0 Å². The van der Waals surface area contributed by atoms with Crippen LogP contribution >= 0.6 is 0 Å². The summed E-state index contributed by atoms with van der Waals surface area (Å²) in [5, 5.41) is 5.53. The fraction of sp³-hybridized carbons (Fsp3) is 0.250. The first kappa shape index (κ1) is 5.83. The van der Waals surface area contributed by atoms with Gasteiger partial charge in [0.2, 0.25) is 11.3 Å². The molecule has 0 bridgehead atoms. The minimum Gasteiger partial charge on any atom is -0.391 e. The molecule has 0 aliphatic carbocycles. The van der Waals surface area contributed by atoms with Gasteiger partial charge in [0.1, 0.15) is 0 Å². The third kappa shape index (κ3) is 4.83. The summed E-state index contributed by atoms with van der Waals surface area (Å²) in [4.78, 5) is 4.23. The Morgan fingerprint density at radius 2 is 2.57 bits per heavy atom. The first-order chi connectivity index (χ1) is 3.41. The van der Waals surface area contributed by atoms with Crippen molar-refractivity contribution in [3.8, 4) is 6.57 Å². The van der Waals surface area contributed by atoms with Gasteiger partial charge in [-0.1, -0.05) is 0 Å². The van der Waals surface area contributed by atoms with Crippen LogP contribution in [0.25, 0.3) is 5.01 Å². The van der Waals surface area contributed by atoms with Crippen molar-refractivity contribution >= 4 is 0 Å². The van der Waals surface area contributed by atoms with E-state index in [2.05, 4.69) is 21.7 Å². The zero-order valence-corrected chi connectivity index (χ0v) is 4.09. The lowest BCUT2D eigenvalue weighted by atomic mass is 10.9. The number of rotatable bonds is 2. The van der Waals surface area contributed by atoms with Crippen molar-refractivity contribution in [2.75, 3.05) is 7.05 Å². The zero-order valence-electron chi connectivity index (χ0n) is 4.09. The molecule has 0 aromatic heterocycles. The van der Waals surface area contributed by atoms with E-state index in [1.54, 1.807) is 13.2 Å². The van der Waals surface area contributed by atoms with E-state index in [1.165, 1.54) is 6.26 Å². The average molecular weight is 99.1 g/mol. The van der Waals surface area contributed by atoms with Gasteiger partial charge in [0.15, 0.2) is 0 Å². The molecule has 0 radical (unpaired) electrons. The largest absolute Gasteiger partial charge is 0.391 e. The van der Waals surface area contributed by atoms with E-state index in [0.29, 0.717) is 0 Å². The molecule has 0 aromatic rings. The molecule has 0 aliphatic rings. The van der Waals surface area contributed by atoms with Crippen molar-refractivity contribution in [3.05, 3.63) is 17.5 Å². The third-order valence-corrected chi connectivity index (χ3v) is 0.356. The lowest BCUT2D eigenvalue weighted by molar-refractivity contribution is 0.393. The molecule has 0 aliphatic heterocycles. The maximum absolute atomic E-state index is 4.59. The smallest absolute Gasteiger partial charge is 0.336 e. The van der Waals surface area contributed by atoms with E-state index < -0.39 is 0 Å². The molecule has 0 atom stereocenters. The van der Waals surface area contributed by atoms with Crippen molar-refractivity contribution in [2.45, 2.75) is 0 Å². The monoisotopic (exact) mass is 99.1 g/mol. The molecule has 3 heteroatoms. The van der Waals surface area contributed by atoms with E-state index in [9.17, 15) is 0 Å². The number of hydrogen-bond donors (Lipinski definition) is 1. The number of hydrogen-bond acceptors (Lipinski definition) is 2. The summed E-state index contributed by atoms with van der Waals surface area (Å²) in [6, 6.07) is 0. The van der Waals surface area contributed by atoms with Crippen LogP contribution in [0.4, 0.5) is 0 Å². The van der Waals surface area contributed by atoms with Crippen LogP contribution in [-0.4, -0.2) is 7.05 Å². The van der Waals surface area contributed by atoms with Gasteiger partial charge >= 0.3 is 6.57 Å². The summed E-state index contributed by atoms with van der Waals surface area (Å²) in [6.07, 6.45) is 2.90. The van der Waals surface area contributed by atoms with Crippen LogP contribution in [0, 0.1) is 6.57 Å². The second kappa shape index (κ2) is 4.83. The van der Waals surface area contributed by atoms with Crippen LogP contribution in [0.15, 0.2) is 12.5 Å². The molecular weight excluding hydrogens is 92.1 g/mol. The molecule has 0 heterocycles. The number of nitrogens with zero attached hydrogens (tertiary/aromatic N) is 1. The highest BCUT2D eigenvalue weighted by molar-refractivity contribution is 4.68. The minimum atomic E-state index is 1.33. The molecule has 0 saturated carbocycles. The lowest BCUT2D eigenvalue weighted by Gasteiger charge is -1.74. The highest BCUT2D eigenvalue weighted by atomic mass is 16.6. The molecule has 7 heavy (non-hydrogen) atoms. The molecule has 0 unspecified atom stereocenters. The van der Waals surface area contributed by atoms with Crippen LogP contribution in [-0.2, 0) is 4.84 Å². The number of nitrogens with one attached hydrogen (secondary N) is 1. The normalized spacial score (nSPS) is 8.00. The van der Waals surface area contributed by atoms with Gasteiger partial charge in [-0.25, -0.2) is 0 Å². The summed E-state index contributed by atoms with van der Waals surface area (Å²) < 4.78 is 0. The Labute approximate surface area is 42.4 Å². The molecule has 0 spiro atoms. The van der Waals surface area contributed by atoms with Crippen LogP contribution in [0.5, 0.6) is 0 Å². The second-order valence-corrected chi connectivity index (χ2v) is 0.802. The minimum absolute atomic E-state index is 1.33. The van der Waals surface area contributed by atoms with Gasteiger partial charge in [0, 0.05) is 13.2 Å². The van der Waals surface area contributed by atoms with Crippen LogP contribution in [0.2, 0.25) is 0 Å². The summed E-state index contributed by atoms with van der Waals surface area (Å²) in [7, 11) is 1.75. The zero-order chi connectivity index (χ0) is 5.54. The Balaban J connectivity index is 2.97. The van der Waals surface area contributed by atoms with E-state index in [1.807, 2.05) is 0 Å². The third-order valence-electron chi connectivity index (χ3n) is 0.356. The highest BCUT2D eigenvalue weighted by Crippen LogP contribution is 1.70. The second-order valence-electron chi connectivity index (χ2n) is 0.802. The van der Waals surface area contributed by atoms with Crippen molar-refractivity contribution in [3.63, 3.8) is 0 Å². The maximum Gasteiger partial charge on any atom is 0.336 e. The Kier molecular flexibility index (Phi) is 4.02. The first-order valence-electron chi connectivity index (χ1n) is 1.80. The van der Waals surface area contributed by atoms with E-state index >= 15 is 0 Å². The molecule has 0 saturated heterocycles.